The van der Waals surface area contributed by atoms with E-state index in [9.17, 15) is 14.4 Å². The number of carbonyl (C=O) groups excluding carboxylic acids is 2. The molecule has 0 aliphatic carbocycles. The number of para-hydroxylation sites is 1. The number of fused-ring (bicyclic) bond motifs is 1. The number of aromatic amines is 1. The van der Waals surface area contributed by atoms with Gasteiger partial charge >= 0.3 is 5.97 Å². The van der Waals surface area contributed by atoms with Gasteiger partial charge in [0.1, 0.15) is 12.1 Å². The minimum Gasteiger partial charge on any atom is -0.480 e. The quantitative estimate of drug-likeness (QED) is 0.474. The molecular weight excluding hydrogens is 330 g/mol. The zero-order valence-electron chi connectivity index (χ0n) is 13.1. The van der Waals surface area contributed by atoms with Crippen LogP contribution in [0.4, 0.5) is 0 Å². The Kier molecular flexibility index (Phi) is 5.86. The number of amides is 2. The monoisotopic (exact) mass is 349 g/mol. The van der Waals surface area contributed by atoms with Crippen molar-refractivity contribution in [2.75, 3.05) is 5.75 Å². The van der Waals surface area contributed by atoms with E-state index >= 15 is 0 Å². The summed E-state index contributed by atoms with van der Waals surface area (Å²) in [5.74, 6) is -2.14. The standard InChI is InChI=1S/C16H19N3O4S/c1-9(20)18-13(15(21)19-14(8-24)16(22)23)6-10-7-17-12-5-3-2-4-11(10)12/h2-5,7,13-14,17,24H,6,8H2,1H3,(H,18,20)(H,19,21)(H,22,23)/t13-,14-/m0/s1. The second-order valence-electron chi connectivity index (χ2n) is 5.40. The van der Waals surface area contributed by atoms with Gasteiger partial charge in [-0.1, -0.05) is 18.2 Å². The van der Waals surface area contributed by atoms with Crippen LogP contribution in [-0.4, -0.2) is 45.7 Å². The smallest absolute Gasteiger partial charge is 0.327 e. The summed E-state index contributed by atoms with van der Waals surface area (Å²) < 4.78 is 0. The molecule has 0 saturated carbocycles. The number of H-pyrrole nitrogens is 1. The molecule has 7 nitrogen and oxygen atoms in total. The van der Waals surface area contributed by atoms with E-state index in [1.807, 2.05) is 24.3 Å². The van der Waals surface area contributed by atoms with Gasteiger partial charge in [-0.05, 0) is 11.6 Å². The molecule has 0 aliphatic rings. The first kappa shape index (κ1) is 17.9. The first-order chi connectivity index (χ1) is 11.4. The Morgan fingerprint density at radius 3 is 2.54 bits per heavy atom. The van der Waals surface area contributed by atoms with Crippen LogP contribution in [0.3, 0.4) is 0 Å². The fourth-order valence-electron chi connectivity index (χ4n) is 2.43. The van der Waals surface area contributed by atoms with Gasteiger partial charge in [0, 0.05) is 36.2 Å². The van der Waals surface area contributed by atoms with Crippen LogP contribution in [0.1, 0.15) is 12.5 Å². The second-order valence-corrected chi connectivity index (χ2v) is 5.76. The van der Waals surface area contributed by atoms with Gasteiger partial charge in [0.15, 0.2) is 0 Å². The fourth-order valence-corrected chi connectivity index (χ4v) is 2.68. The largest absolute Gasteiger partial charge is 0.480 e. The molecule has 1 aromatic heterocycles. The van der Waals surface area contributed by atoms with Gasteiger partial charge in [0.05, 0.1) is 0 Å². The summed E-state index contributed by atoms with van der Waals surface area (Å²) in [5.41, 5.74) is 1.78. The van der Waals surface area contributed by atoms with Gasteiger partial charge in [0.2, 0.25) is 11.8 Å². The van der Waals surface area contributed by atoms with Gasteiger partial charge in [-0.25, -0.2) is 4.79 Å². The third kappa shape index (κ3) is 4.29. The molecule has 1 heterocycles. The molecule has 4 N–H and O–H groups in total. The SMILES string of the molecule is CC(=O)N[C@@H](Cc1c[nH]c2ccccc12)C(=O)N[C@@H](CS)C(=O)O. The number of carboxylic acids is 1. The highest BCUT2D eigenvalue weighted by Crippen LogP contribution is 2.19. The van der Waals surface area contributed by atoms with E-state index in [1.54, 1.807) is 6.20 Å². The molecule has 0 fully saturated rings. The molecule has 0 radical (unpaired) electrons. The lowest BCUT2D eigenvalue weighted by Crippen LogP contribution is -2.52. The Labute approximate surface area is 144 Å². The summed E-state index contributed by atoms with van der Waals surface area (Å²) in [7, 11) is 0. The van der Waals surface area contributed by atoms with E-state index < -0.39 is 24.0 Å². The van der Waals surface area contributed by atoms with Crippen molar-refractivity contribution in [3.63, 3.8) is 0 Å². The van der Waals surface area contributed by atoms with Gasteiger partial charge in [-0.15, -0.1) is 0 Å². The lowest BCUT2D eigenvalue weighted by atomic mass is 10.0. The number of rotatable bonds is 7. The summed E-state index contributed by atoms with van der Waals surface area (Å²) in [6, 6.07) is 5.62. The Bertz CT molecular complexity index is 759. The molecule has 2 atom stereocenters. The molecule has 0 unspecified atom stereocenters. The zero-order valence-corrected chi connectivity index (χ0v) is 14.0. The lowest BCUT2D eigenvalue weighted by Gasteiger charge is -2.20. The number of hydrogen-bond donors (Lipinski definition) is 5. The minimum atomic E-state index is -1.17. The molecule has 0 saturated heterocycles. The van der Waals surface area contributed by atoms with Gasteiger partial charge in [-0.3, -0.25) is 9.59 Å². The predicted octanol–water partition coefficient (Wildman–Crippen LogP) is 0.714. The van der Waals surface area contributed by atoms with Gasteiger partial charge in [-0.2, -0.15) is 12.6 Å². The van der Waals surface area contributed by atoms with Crippen LogP contribution in [0.2, 0.25) is 0 Å². The van der Waals surface area contributed by atoms with Crippen molar-refractivity contribution < 1.29 is 19.5 Å². The van der Waals surface area contributed by atoms with E-state index in [4.69, 9.17) is 5.11 Å². The van der Waals surface area contributed by atoms with Crippen molar-refractivity contribution in [2.45, 2.75) is 25.4 Å². The molecular formula is C16H19N3O4S. The van der Waals surface area contributed by atoms with E-state index in [2.05, 4.69) is 28.2 Å². The van der Waals surface area contributed by atoms with Crippen molar-refractivity contribution in [3.8, 4) is 0 Å². The van der Waals surface area contributed by atoms with Crippen molar-refractivity contribution in [3.05, 3.63) is 36.0 Å². The van der Waals surface area contributed by atoms with Gasteiger partial charge in [0.25, 0.3) is 0 Å². The molecule has 2 aromatic rings. The van der Waals surface area contributed by atoms with E-state index in [0.29, 0.717) is 0 Å². The average Bonchev–Trinajstić information content (AvgIpc) is 2.94. The second kappa shape index (κ2) is 7.87. The van der Waals surface area contributed by atoms with Crippen LogP contribution in [0, 0.1) is 0 Å². The first-order valence-electron chi connectivity index (χ1n) is 7.38. The van der Waals surface area contributed by atoms with Gasteiger partial charge < -0.3 is 20.7 Å². The molecule has 2 amide bonds. The maximum Gasteiger partial charge on any atom is 0.327 e. The normalized spacial score (nSPS) is 13.2. The van der Waals surface area contributed by atoms with Crippen molar-refractivity contribution in [1.29, 1.82) is 0 Å². The van der Waals surface area contributed by atoms with Crippen LogP contribution >= 0.6 is 12.6 Å². The Morgan fingerprint density at radius 1 is 1.21 bits per heavy atom. The van der Waals surface area contributed by atoms with Crippen LogP contribution in [0.15, 0.2) is 30.5 Å². The third-order valence-corrected chi connectivity index (χ3v) is 3.96. The van der Waals surface area contributed by atoms with Crippen LogP contribution in [0.5, 0.6) is 0 Å². The third-order valence-electron chi connectivity index (χ3n) is 3.59. The number of aliphatic carboxylic acids is 1. The zero-order chi connectivity index (χ0) is 17.7. The highest BCUT2D eigenvalue weighted by atomic mass is 32.1. The maximum absolute atomic E-state index is 12.4. The molecule has 0 aliphatic heterocycles. The van der Waals surface area contributed by atoms with Crippen molar-refractivity contribution >= 4 is 41.3 Å². The molecule has 0 spiro atoms. The van der Waals surface area contributed by atoms with E-state index in [-0.39, 0.29) is 18.1 Å². The average molecular weight is 349 g/mol. The van der Waals surface area contributed by atoms with Crippen LogP contribution in [-0.2, 0) is 20.8 Å². The summed E-state index contributed by atoms with van der Waals surface area (Å²) in [4.78, 5) is 37.9. The topological polar surface area (TPSA) is 111 Å². The lowest BCUT2D eigenvalue weighted by molar-refractivity contribution is -0.141. The molecule has 8 heteroatoms. The summed E-state index contributed by atoms with van der Waals surface area (Å²) in [6.45, 7) is 1.31. The molecule has 1 aromatic carbocycles. The van der Waals surface area contributed by atoms with Crippen molar-refractivity contribution in [2.24, 2.45) is 0 Å². The number of carbonyl (C=O) groups is 3. The number of hydrogen-bond acceptors (Lipinski definition) is 4. The fraction of sp³-hybridized carbons (Fsp3) is 0.312. The predicted molar refractivity (Wildman–Crippen MR) is 93.0 cm³/mol. The Balaban J connectivity index is 2.20. The minimum absolute atomic E-state index is 0.0407. The van der Waals surface area contributed by atoms with E-state index in [1.165, 1.54) is 6.92 Å². The highest BCUT2D eigenvalue weighted by molar-refractivity contribution is 7.80. The maximum atomic E-state index is 12.4. The molecule has 0 bridgehead atoms. The number of carboxylic acid groups (broad SMARTS) is 1. The summed E-state index contributed by atoms with van der Waals surface area (Å²) >= 11 is 3.92. The first-order valence-corrected chi connectivity index (χ1v) is 8.01. The molecule has 2 rings (SSSR count). The van der Waals surface area contributed by atoms with E-state index in [0.717, 1.165) is 16.5 Å². The van der Waals surface area contributed by atoms with Crippen LogP contribution in [0.25, 0.3) is 10.9 Å². The molecule has 128 valence electrons. The number of aromatic nitrogens is 1. The highest BCUT2D eigenvalue weighted by Gasteiger charge is 2.26. The number of nitrogens with one attached hydrogen (secondary N) is 3. The number of thiol groups is 1. The summed E-state index contributed by atoms with van der Waals surface area (Å²) in [5, 5.41) is 14.9. The molecule has 24 heavy (non-hydrogen) atoms. The van der Waals surface area contributed by atoms with Crippen molar-refractivity contribution in [1.82, 2.24) is 15.6 Å². The Morgan fingerprint density at radius 2 is 1.92 bits per heavy atom. The summed E-state index contributed by atoms with van der Waals surface area (Å²) in [6.07, 6.45) is 2.02. The Hall–Kier alpha value is -2.48. The van der Waals surface area contributed by atoms with Crippen LogP contribution < -0.4 is 10.6 Å². The number of benzene rings is 1.